The van der Waals surface area contributed by atoms with Crippen LogP contribution in [-0.2, 0) is 5.54 Å². The molecule has 3 aromatic rings. The highest BCUT2D eigenvalue weighted by Crippen LogP contribution is 2.40. The van der Waals surface area contributed by atoms with Crippen LogP contribution in [0, 0.1) is 0 Å². The van der Waals surface area contributed by atoms with Crippen LogP contribution in [0.15, 0.2) is 54.7 Å². The van der Waals surface area contributed by atoms with Crippen molar-refractivity contribution in [3.63, 3.8) is 0 Å². The molecule has 0 amide bonds. The summed E-state index contributed by atoms with van der Waals surface area (Å²) in [6.07, 6.45) is 6.47. The standard InChI is InChI=1S/C32H45N5O/c1-6-8-31(37-21-23(2)34-24(3)22-37)26-17-25-11-12-28(19-30(25)33-20-26)36-15-13-32(14-16-36,35(4)5)27-9-7-10-29(38)18-27/h7,9-12,17-20,23-24,31,34,38H,6,8,13-16,21-22H2,1-5H3. The highest BCUT2D eigenvalue weighted by molar-refractivity contribution is 5.83. The smallest absolute Gasteiger partial charge is 0.115 e. The SMILES string of the molecule is CCCC(c1cnc2cc(N3CCC(c4cccc(O)c4)(N(C)C)CC3)ccc2c1)N1CC(C)NC(C)C1. The molecule has 38 heavy (non-hydrogen) atoms. The zero-order chi connectivity index (χ0) is 26.9. The fraction of sp³-hybridized carbons (Fsp3) is 0.531. The normalized spacial score (nSPS) is 23.2. The number of hydrogen-bond donors (Lipinski definition) is 2. The molecule has 204 valence electrons. The van der Waals surface area contributed by atoms with E-state index in [0.29, 0.717) is 23.9 Å². The summed E-state index contributed by atoms with van der Waals surface area (Å²) in [4.78, 5) is 12.5. The second-order valence-electron chi connectivity index (χ2n) is 11.8. The highest BCUT2D eigenvalue weighted by atomic mass is 16.3. The van der Waals surface area contributed by atoms with E-state index in [-0.39, 0.29) is 5.54 Å². The molecule has 2 aliphatic heterocycles. The van der Waals surface area contributed by atoms with E-state index in [1.165, 1.54) is 28.6 Å². The van der Waals surface area contributed by atoms with E-state index in [2.05, 4.69) is 91.4 Å². The molecule has 1 aromatic heterocycles. The molecule has 6 nitrogen and oxygen atoms in total. The average molecular weight is 516 g/mol. The van der Waals surface area contributed by atoms with E-state index in [1.54, 1.807) is 6.07 Å². The average Bonchev–Trinajstić information content (AvgIpc) is 2.90. The number of anilines is 1. The van der Waals surface area contributed by atoms with E-state index in [0.717, 1.165) is 51.0 Å². The van der Waals surface area contributed by atoms with Crippen molar-refractivity contribution >= 4 is 16.6 Å². The summed E-state index contributed by atoms with van der Waals surface area (Å²) in [5, 5.41) is 15.0. The maximum atomic E-state index is 10.1. The van der Waals surface area contributed by atoms with Gasteiger partial charge in [0.15, 0.2) is 0 Å². The Balaban J connectivity index is 1.34. The van der Waals surface area contributed by atoms with Crippen molar-refractivity contribution in [1.82, 2.24) is 20.1 Å². The summed E-state index contributed by atoms with van der Waals surface area (Å²) < 4.78 is 0. The van der Waals surface area contributed by atoms with Crippen LogP contribution in [0.2, 0.25) is 0 Å². The first-order valence-electron chi connectivity index (χ1n) is 14.4. The maximum absolute atomic E-state index is 10.1. The van der Waals surface area contributed by atoms with Crippen molar-refractivity contribution in [2.45, 2.75) is 70.1 Å². The fourth-order valence-electron chi connectivity index (χ4n) is 6.89. The molecule has 3 atom stereocenters. The zero-order valence-corrected chi connectivity index (χ0v) is 23.8. The molecule has 2 fully saturated rings. The number of pyridine rings is 1. The quantitative estimate of drug-likeness (QED) is 0.432. The number of aromatic hydroxyl groups is 1. The Labute approximate surface area is 228 Å². The van der Waals surface area contributed by atoms with Gasteiger partial charge < -0.3 is 15.3 Å². The number of benzene rings is 2. The van der Waals surface area contributed by atoms with Gasteiger partial charge in [-0.3, -0.25) is 14.8 Å². The molecular formula is C32H45N5O. The Morgan fingerprint density at radius 1 is 1.05 bits per heavy atom. The molecule has 3 heterocycles. The third-order valence-corrected chi connectivity index (χ3v) is 8.86. The van der Waals surface area contributed by atoms with Gasteiger partial charge in [-0.2, -0.15) is 0 Å². The molecule has 0 saturated carbocycles. The predicted molar refractivity (Wildman–Crippen MR) is 158 cm³/mol. The van der Waals surface area contributed by atoms with Crippen LogP contribution in [0.4, 0.5) is 5.69 Å². The van der Waals surface area contributed by atoms with E-state index in [4.69, 9.17) is 4.98 Å². The number of piperidine rings is 1. The molecule has 5 rings (SSSR count). The van der Waals surface area contributed by atoms with Gasteiger partial charge in [-0.05, 0) is 88.7 Å². The van der Waals surface area contributed by atoms with Gasteiger partial charge in [0.1, 0.15) is 5.75 Å². The molecule has 2 N–H and O–H groups in total. The highest BCUT2D eigenvalue weighted by Gasteiger charge is 2.38. The lowest BCUT2D eigenvalue weighted by Crippen LogP contribution is -2.55. The predicted octanol–water partition coefficient (Wildman–Crippen LogP) is 5.52. The van der Waals surface area contributed by atoms with Crippen LogP contribution in [0.1, 0.15) is 63.6 Å². The molecule has 0 bridgehead atoms. The summed E-state index contributed by atoms with van der Waals surface area (Å²) in [5.74, 6) is 0.341. The van der Waals surface area contributed by atoms with Crippen LogP contribution in [-0.4, -0.2) is 72.2 Å². The van der Waals surface area contributed by atoms with Crippen molar-refractivity contribution in [2.24, 2.45) is 0 Å². The zero-order valence-electron chi connectivity index (χ0n) is 23.8. The topological polar surface area (TPSA) is 54.9 Å². The number of nitrogens with zero attached hydrogens (tertiary/aromatic N) is 4. The minimum Gasteiger partial charge on any atom is -0.508 e. The second kappa shape index (κ2) is 11.2. The van der Waals surface area contributed by atoms with E-state index >= 15 is 0 Å². The first kappa shape index (κ1) is 26.9. The van der Waals surface area contributed by atoms with Crippen molar-refractivity contribution in [1.29, 1.82) is 0 Å². The number of fused-ring (bicyclic) bond motifs is 1. The van der Waals surface area contributed by atoms with Gasteiger partial charge in [0.2, 0.25) is 0 Å². The number of hydrogen-bond acceptors (Lipinski definition) is 6. The van der Waals surface area contributed by atoms with Crippen molar-refractivity contribution in [3.05, 3.63) is 65.9 Å². The lowest BCUT2D eigenvalue weighted by atomic mass is 9.79. The first-order valence-corrected chi connectivity index (χ1v) is 14.4. The fourth-order valence-corrected chi connectivity index (χ4v) is 6.89. The van der Waals surface area contributed by atoms with Crippen molar-refractivity contribution in [3.8, 4) is 5.75 Å². The summed E-state index contributed by atoms with van der Waals surface area (Å²) in [6.45, 7) is 11.0. The number of phenolic OH excluding ortho intramolecular Hbond substituents is 1. The first-order chi connectivity index (χ1) is 18.3. The summed E-state index contributed by atoms with van der Waals surface area (Å²) in [6, 6.07) is 18.4. The van der Waals surface area contributed by atoms with Crippen molar-refractivity contribution < 1.29 is 5.11 Å². The molecule has 6 heteroatoms. The lowest BCUT2D eigenvalue weighted by molar-refractivity contribution is 0.115. The molecule has 2 saturated heterocycles. The summed E-state index contributed by atoms with van der Waals surface area (Å²) >= 11 is 0. The molecule has 2 aromatic carbocycles. The van der Waals surface area contributed by atoms with Gasteiger partial charge in [0, 0.05) is 67.1 Å². The number of aromatic nitrogens is 1. The number of nitrogens with one attached hydrogen (secondary N) is 1. The third kappa shape index (κ3) is 5.40. The van der Waals surface area contributed by atoms with Gasteiger partial charge in [-0.15, -0.1) is 0 Å². The summed E-state index contributed by atoms with van der Waals surface area (Å²) in [5.41, 5.74) is 4.79. The minimum atomic E-state index is -0.0630. The largest absolute Gasteiger partial charge is 0.508 e. The molecular weight excluding hydrogens is 470 g/mol. The lowest BCUT2D eigenvalue weighted by Gasteiger charge is -2.47. The Bertz CT molecular complexity index is 1230. The van der Waals surface area contributed by atoms with Gasteiger partial charge in [-0.25, -0.2) is 0 Å². The molecule has 0 radical (unpaired) electrons. The maximum Gasteiger partial charge on any atom is 0.115 e. The minimum absolute atomic E-state index is 0.0630. The van der Waals surface area contributed by atoms with E-state index in [1.807, 2.05) is 12.1 Å². The van der Waals surface area contributed by atoms with Gasteiger partial charge >= 0.3 is 0 Å². The van der Waals surface area contributed by atoms with Gasteiger partial charge in [-0.1, -0.05) is 31.5 Å². The number of phenols is 1. The van der Waals surface area contributed by atoms with Gasteiger partial charge in [0.05, 0.1) is 5.52 Å². The van der Waals surface area contributed by atoms with Crippen LogP contribution in [0.5, 0.6) is 5.75 Å². The van der Waals surface area contributed by atoms with Gasteiger partial charge in [0.25, 0.3) is 0 Å². The van der Waals surface area contributed by atoms with Crippen LogP contribution in [0.25, 0.3) is 10.9 Å². The molecule has 0 aliphatic carbocycles. The van der Waals surface area contributed by atoms with E-state index < -0.39 is 0 Å². The van der Waals surface area contributed by atoms with Crippen LogP contribution < -0.4 is 10.2 Å². The monoisotopic (exact) mass is 515 g/mol. The number of rotatable bonds is 7. The Morgan fingerprint density at radius 3 is 2.45 bits per heavy atom. The van der Waals surface area contributed by atoms with Crippen LogP contribution in [0.3, 0.4) is 0 Å². The molecule has 0 spiro atoms. The Morgan fingerprint density at radius 2 is 1.79 bits per heavy atom. The molecule has 3 unspecified atom stereocenters. The van der Waals surface area contributed by atoms with E-state index in [9.17, 15) is 5.11 Å². The second-order valence-corrected chi connectivity index (χ2v) is 11.8. The van der Waals surface area contributed by atoms with Crippen molar-refractivity contribution in [2.75, 3.05) is 45.2 Å². The number of piperazine rings is 1. The Hall–Kier alpha value is -2.67. The third-order valence-electron chi connectivity index (χ3n) is 8.86. The summed E-state index contributed by atoms with van der Waals surface area (Å²) in [7, 11) is 4.32. The Kier molecular flexibility index (Phi) is 7.94. The molecule has 2 aliphatic rings. The van der Waals surface area contributed by atoms with Crippen LogP contribution >= 0.6 is 0 Å².